The third-order valence-electron chi connectivity index (χ3n) is 5.23. The number of aromatic nitrogens is 2. The lowest BCUT2D eigenvalue weighted by atomic mass is 10.0. The van der Waals surface area contributed by atoms with Crippen LogP contribution in [0.1, 0.15) is 35.2 Å². The number of carbonyl (C=O) groups excluding carboxylic acids is 1. The highest BCUT2D eigenvalue weighted by atomic mass is 32.2. The van der Waals surface area contributed by atoms with E-state index in [1.54, 1.807) is 32.2 Å². The van der Waals surface area contributed by atoms with Crippen LogP contribution >= 0.6 is 11.8 Å². The van der Waals surface area contributed by atoms with E-state index in [0.717, 1.165) is 6.42 Å². The molecule has 1 aromatic heterocycles. The Morgan fingerprint density at radius 1 is 1.12 bits per heavy atom. The summed E-state index contributed by atoms with van der Waals surface area (Å²) in [5, 5.41) is 3.55. The molecule has 0 fully saturated rings. The Hall–Kier alpha value is -2.93. The number of halogens is 1. The van der Waals surface area contributed by atoms with Gasteiger partial charge in [-0.05, 0) is 37.0 Å². The molecule has 0 saturated heterocycles. The lowest BCUT2D eigenvalue weighted by Gasteiger charge is -2.12. The molecule has 32 heavy (non-hydrogen) atoms. The van der Waals surface area contributed by atoms with Crippen LogP contribution in [-0.2, 0) is 24.7 Å². The summed E-state index contributed by atoms with van der Waals surface area (Å²) < 4.78 is 15.5. The molecule has 0 aliphatic carbocycles. The van der Waals surface area contributed by atoms with E-state index in [4.69, 9.17) is 0 Å². The number of rotatable bonds is 10. The zero-order valence-corrected chi connectivity index (χ0v) is 19.3. The summed E-state index contributed by atoms with van der Waals surface area (Å²) in [5.74, 6) is 0.382. The molecule has 1 N–H and O–H groups in total. The van der Waals surface area contributed by atoms with E-state index < -0.39 is 0 Å². The lowest BCUT2D eigenvalue weighted by Crippen LogP contribution is -2.26. The summed E-state index contributed by atoms with van der Waals surface area (Å²) >= 11 is 1.45. The van der Waals surface area contributed by atoms with Crippen LogP contribution in [0.25, 0.3) is 0 Å². The first kappa shape index (κ1) is 23.7. The minimum atomic E-state index is -0.325. The predicted octanol–water partition coefficient (Wildman–Crippen LogP) is 4.05. The van der Waals surface area contributed by atoms with Crippen LogP contribution in [0.3, 0.4) is 0 Å². The molecule has 168 valence electrons. The number of carbonyl (C=O) groups is 1. The highest BCUT2D eigenvalue weighted by Gasteiger charge is 2.14. The summed E-state index contributed by atoms with van der Waals surface area (Å²) in [4.78, 5) is 29.4. The second-order valence-corrected chi connectivity index (χ2v) is 8.69. The van der Waals surface area contributed by atoms with E-state index in [-0.39, 0.29) is 23.7 Å². The van der Waals surface area contributed by atoms with Gasteiger partial charge in [-0.15, -0.1) is 0 Å². The van der Waals surface area contributed by atoms with Crippen molar-refractivity contribution in [3.8, 4) is 0 Å². The molecular formula is C25H28FN3O2S. The average Bonchev–Trinajstić information content (AvgIpc) is 2.79. The first-order chi connectivity index (χ1) is 15.5. The first-order valence-electron chi connectivity index (χ1n) is 10.7. The molecule has 1 amide bonds. The quantitative estimate of drug-likeness (QED) is 0.286. The SMILES string of the molecule is Cc1nc(SCCCC(=O)NCCc2ccccc2)n(C)c(=O)c1Cc1ccccc1F. The third kappa shape index (κ3) is 6.53. The van der Waals surface area contributed by atoms with Crippen molar-refractivity contribution in [1.82, 2.24) is 14.9 Å². The fourth-order valence-corrected chi connectivity index (χ4v) is 4.32. The second-order valence-electron chi connectivity index (χ2n) is 7.63. The predicted molar refractivity (Wildman–Crippen MR) is 127 cm³/mol. The van der Waals surface area contributed by atoms with Gasteiger partial charge in [-0.25, -0.2) is 9.37 Å². The normalized spacial score (nSPS) is 10.8. The number of hydrogen-bond acceptors (Lipinski definition) is 4. The topological polar surface area (TPSA) is 64.0 Å². The number of aryl methyl sites for hydroxylation is 1. The van der Waals surface area contributed by atoms with Crippen molar-refractivity contribution in [2.24, 2.45) is 7.05 Å². The Labute approximate surface area is 192 Å². The fourth-order valence-electron chi connectivity index (χ4n) is 3.37. The second kappa shape index (κ2) is 11.6. The van der Waals surface area contributed by atoms with Crippen LogP contribution in [0.4, 0.5) is 4.39 Å². The summed E-state index contributed by atoms with van der Waals surface area (Å²) in [5.41, 5.74) is 2.62. The van der Waals surface area contributed by atoms with Crippen molar-refractivity contribution >= 4 is 17.7 Å². The van der Waals surface area contributed by atoms with Gasteiger partial charge < -0.3 is 5.32 Å². The van der Waals surface area contributed by atoms with Crippen molar-refractivity contribution in [1.29, 1.82) is 0 Å². The van der Waals surface area contributed by atoms with Crippen LogP contribution in [0.5, 0.6) is 0 Å². The number of benzene rings is 2. The molecule has 0 aliphatic heterocycles. The molecule has 0 aliphatic rings. The summed E-state index contributed by atoms with van der Waals surface area (Å²) in [6.07, 6.45) is 2.14. The standard InChI is InChI=1S/C25H28FN3O2S/c1-18-21(17-20-11-6-7-12-22(20)26)24(31)29(2)25(28-18)32-16-8-13-23(30)27-15-14-19-9-4-3-5-10-19/h3-7,9-12H,8,13-17H2,1-2H3,(H,27,30). The van der Waals surface area contributed by atoms with Crippen molar-refractivity contribution in [2.45, 2.75) is 37.8 Å². The Bertz CT molecular complexity index is 1120. The van der Waals surface area contributed by atoms with Crippen molar-refractivity contribution in [2.75, 3.05) is 12.3 Å². The van der Waals surface area contributed by atoms with Gasteiger partial charge >= 0.3 is 0 Å². The van der Waals surface area contributed by atoms with Gasteiger partial charge in [0.15, 0.2) is 5.16 Å². The van der Waals surface area contributed by atoms with Crippen molar-refractivity contribution in [3.63, 3.8) is 0 Å². The minimum absolute atomic E-state index is 0.0276. The average molecular weight is 454 g/mol. The molecular weight excluding hydrogens is 425 g/mol. The Balaban J connectivity index is 1.48. The molecule has 3 aromatic rings. The van der Waals surface area contributed by atoms with Crippen molar-refractivity contribution in [3.05, 3.63) is 93.2 Å². The largest absolute Gasteiger partial charge is 0.356 e. The van der Waals surface area contributed by atoms with E-state index in [1.807, 2.05) is 30.3 Å². The molecule has 0 bridgehead atoms. The first-order valence-corrected chi connectivity index (χ1v) is 11.7. The van der Waals surface area contributed by atoms with Crippen LogP contribution < -0.4 is 10.9 Å². The zero-order chi connectivity index (χ0) is 22.9. The Morgan fingerprint density at radius 2 is 1.84 bits per heavy atom. The molecule has 3 rings (SSSR count). The summed E-state index contributed by atoms with van der Waals surface area (Å²) in [7, 11) is 1.68. The number of hydrogen-bond donors (Lipinski definition) is 1. The molecule has 2 aromatic carbocycles. The van der Waals surface area contributed by atoms with Gasteiger partial charge in [-0.2, -0.15) is 0 Å². The number of nitrogens with one attached hydrogen (secondary N) is 1. The fraction of sp³-hybridized carbons (Fsp3) is 0.320. The summed E-state index contributed by atoms with van der Waals surface area (Å²) in [6.45, 7) is 2.40. The monoisotopic (exact) mass is 453 g/mol. The molecule has 0 radical (unpaired) electrons. The molecule has 0 saturated carbocycles. The van der Waals surface area contributed by atoms with Crippen LogP contribution in [0.2, 0.25) is 0 Å². The highest BCUT2D eigenvalue weighted by Crippen LogP contribution is 2.18. The van der Waals surface area contributed by atoms with E-state index >= 15 is 0 Å². The van der Waals surface area contributed by atoms with Gasteiger partial charge in [0, 0.05) is 43.4 Å². The molecule has 0 unspecified atom stereocenters. The number of thioether (sulfide) groups is 1. The van der Waals surface area contributed by atoms with Gasteiger partial charge in [-0.1, -0.05) is 60.3 Å². The van der Waals surface area contributed by atoms with Crippen molar-refractivity contribution < 1.29 is 9.18 Å². The van der Waals surface area contributed by atoms with Crippen LogP contribution in [-0.4, -0.2) is 27.8 Å². The smallest absolute Gasteiger partial charge is 0.257 e. The zero-order valence-electron chi connectivity index (χ0n) is 18.4. The van der Waals surface area contributed by atoms with E-state index in [2.05, 4.69) is 10.3 Å². The number of amides is 1. The Kier molecular flexibility index (Phi) is 8.62. The van der Waals surface area contributed by atoms with E-state index in [0.29, 0.717) is 47.1 Å². The molecule has 1 heterocycles. The van der Waals surface area contributed by atoms with E-state index in [9.17, 15) is 14.0 Å². The van der Waals surface area contributed by atoms with Gasteiger partial charge in [0.2, 0.25) is 5.91 Å². The lowest BCUT2D eigenvalue weighted by molar-refractivity contribution is -0.121. The molecule has 0 spiro atoms. The molecule has 7 heteroatoms. The maximum absolute atomic E-state index is 14.0. The molecule has 0 atom stereocenters. The van der Waals surface area contributed by atoms with Gasteiger partial charge in [0.05, 0.1) is 0 Å². The van der Waals surface area contributed by atoms with E-state index in [1.165, 1.54) is 28.0 Å². The summed E-state index contributed by atoms with van der Waals surface area (Å²) in [6, 6.07) is 16.5. The van der Waals surface area contributed by atoms with Crippen LogP contribution in [0, 0.1) is 12.7 Å². The third-order valence-corrected chi connectivity index (χ3v) is 6.35. The maximum atomic E-state index is 14.0. The van der Waals surface area contributed by atoms with Gasteiger partial charge in [0.1, 0.15) is 5.82 Å². The van der Waals surface area contributed by atoms with Gasteiger partial charge in [0.25, 0.3) is 5.56 Å². The van der Waals surface area contributed by atoms with Crippen LogP contribution in [0.15, 0.2) is 64.5 Å². The number of nitrogens with zero attached hydrogens (tertiary/aromatic N) is 2. The minimum Gasteiger partial charge on any atom is -0.356 e. The maximum Gasteiger partial charge on any atom is 0.257 e. The Morgan fingerprint density at radius 3 is 2.59 bits per heavy atom. The highest BCUT2D eigenvalue weighted by molar-refractivity contribution is 7.99. The molecule has 5 nitrogen and oxygen atoms in total. The van der Waals surface area contributed by atoms with Gasteiger partial charge in [-0.3, -0.25) is 14.2 Å².